The van der Waals surface area contributed by atoms with E-state index in [1.807, 2.05) is 0 Å². The van der Waals surface area contributed by atoms with E-state index in [2.05, 4.69) is 135 Å². The van der Waals surface area contributed by atoms with Crippen LogP contribution in [-0.4, -0.2) is 9.52 Å². The van der Waals surface area contributed by atoms with Crippen LogP contribution in [0, 0.1) is 20.8 Å². The Hall–Kier alpha value is -1.06. The van der Waals surface area contributed by atoms with Gasteiger partial charge in [-0.25, -0.2) is 0 Å². The molecule has 0 aliphatic heterocycles. The molecule has 0 fully saturated rings. The van der Waals surface area contributed by atoms with Crippen LogP contribution in [0.3, 0.4) is 0 Å². The molecule has 0 bridgehead atoms. The van der Waals surface area contributed by atoms with E-state index in [9.17, 15) is 0 Å². The van der Waals surface area contributed by atoms with Gasteiger partial charge in [0.15, 0.2) is 0 Å². The largest absolute Gasteiger partial charge is 1.00 e. The molecule has 0 aromatic heterocycles. The Morgan fingerprint density at radius 2 is 1.23 bits per heavy atom. The molecule has 4 rings (SSSR count). The standard InChI is InChI=1S/C30H33Si.3ClH.Ti/c1-19-16-20(2)18-26(17-19)31-30(27-15-11-10-12-21(27)3)29-24(6)22(4)23(5)28(29)25-13-8-7-9-14-25;;;;/h7-18,30H,31H2,1-6H3;3*1H;/q;;;;+3/p-3. The smallest absolute Gasteiger partial charge is 1.00 e. The Morgan fingerprint density at radius 1 is 0.686 bits per heavy atom. The van der Waals surface area contributed by atoms with Gasteiger partial charge in [-0.15, -0.1) is 0 Å². The van der Waals surface area contributed by atoms with E-state index in [1.54, 1.807) is 10.8 Å². The summed E-state index contributed by atoms with van der Waals surface area (Å²) >= 11 is 2.53. The quantitative estimate of drug-likeness (QED) is 0.300. The molecule has 0 saturated heterocycles. The van der Waals surface area contributed by atoms with Crippen LogP contribution >= 0.6 is 0 Å². The number of benzene rings is 3. The molecule has 0 amide bonds. The number of rotatable bonds is 5. The molecule has 0 heterocycles. The predicted octanol–water partition coefficient (Wildman–Crippen LogP) is -2.31. The third-order valence-electron chi connectivity index (χ3n) is 7.36. The predicted molar refractivity (Wildman–Crippen MR) is 138 cm³/mol. The monoisotopic (exact) mass is 574 g/mol. The maximum Gasteiger partial charge on any atom is -1.00 e. The molecular weight excluding hydrogens is 543 g/mol. The number of hydrogen-bond donors (Lipinski definition) is 0. The van der Waals surface area contributed by atoms with Crippen LogP contribution in [0.5, 0.6) is 0 Å². The minimum absolute atomic E-state index is 0. The van der Waals surface area contributed by atoms with Crippen molar-refractivity contribution >= 4 is 20.3 Å². The molecule has 182 valence electrons. The summed E-state index contributed by atoms with van der Waals surface area (Å²) in [4.78, 5) is 0. The molecule has 0 saturated carbocycles. The third-order valence-corrected chi connectivity index (χ3v) is 11.9. The molecule has 5 heteroatoms. The molecule has 3 aromatic carbocycles. The molecule has 0 radical (unpaired) electrons. The van der Waals surface area contributed by atoms with Gasteiger partial charge in [-0.05, 0) is 0 Å². The van der Waals surface area contributed by atoms with Gasteiger partial charge in [0.25, 0.3) is 0 Å². The molecule has 0 N–H and O–H groups in total. The average Bonchev–Trinajstić information content (AvgIpc) is 2.93. The minimum Gasteiger partial charge on any atom is -1.00 e. The topological polar surface area (TPSA) is 0 Å². The van der Waals surface area contributed by atoms with E-state index in [4.69, 9.17) is 0 Å². The zero-order chi connectivity index (χ0) is 23.0. The van der Waals surface area contributed by atoms with Gasteiger partial charge in [-0.1, -0.05) is 0 Å². The zero-order valence-electron chi connectivity index (χ0n) is 21.3. The Bertz CT molecular complexity index is 1210. The van der Waals surface area contributed by atoms with Crippen LogP contribution in [0.25, 0.3) is 5.57 Å². The van der Waals surface area contributed by atoms with Crippen LogP contribution in [0.2, 0.25) is 3.72 Å². The van der Waals surface area contributed by atoms with E-state index in [-0.39, 0.29) is 40.9 Å². The van der Waals surface area contributed by atoms with Crippen molar-refractivity contribution in [2.45, 2.75) is 50.8 Å². The van der Waals surface area contributed by atoms with Crippen molar-refractivity contribution in [2.24, 2.45) is 0 Å². The SMILES string of the molecule is CC1=C(C)[C]([Ti+3])(C([SiH2]c2cc(C)cc(C)c2)c2ccccc2C)C(c2ccccc2)=C1C.[Cl-].[Cl-].[Cl-]. The fourth-order valence-corrected chi connectivity index (χ4v) is 10.0. The van der Waals surface area contributed by atoms with Crippen LogP contribution in [-0.2, 0) is 20.4 Å². The second-order valence-electron chi connectivity index (χ2n) is 9.53. The second-order valence-corrected chi connectivity index (χ2v) is 12.8. The fraction of sp³-hybridized carbons (Fsp3) is 0.267. The molecule has 2 atom stereocenters. The molecule has 2 unspecified atom stereocenters. The number of halogens is 3. The Kier molecular flexibility index (Phi) is 11.8. The van der Waals surface area contributed by atoms with Gasteiger partial charge in [0.05, 0.1) is 0 Å². The van der Waals surface area contributed by atoms with Crippen molar-refractivity contribution in [2.75, 3.05) is 0 Å². The van der Waals surface area contributed by atoms with Gasteiger partial charge < -0.3 is 37.2 Å². The molecule has 0 spiro atoms. The van der Waals surface area contributed by atoms with Gasteiger partial charge in [-0.3, -0.25) is 0 Å². The summed E-state index contributed by atoms with van der Waals surface area (Å²) in [6.07, 6.45) is 0. The second kappa shape index (κ2) is 13.0. The number of aryl methyl sites for hydroxylation is 3. The number of allylic oxidation sites excluding steroid dienone is 4. The molecule has 0 nitrogen and oxygen atoms in total. The van der Waals surface area contributed by atoms with Crippen molar-refractivity contribution in [3.63, 3.8) is 0 Å². The first-order valence-corrected chi connectivity index (χ1v) is 13.9. The van der Waals surface area contributed by atoms with Gasteiger partial charge >= 0.3 is 209 Å². The van der Waals surface area contributed by atoms with Gasteiger partial charge in [0, 0.05) is 0 Å². The van der Waals surface area contributed by atoms with E-state index in [0.29, 0.717) is 5.54 Å². The third kappa shape index (κ3) is 6.09. The summed E-state index contributed by atoms with van der Waals surface area (Å²) < 4.78 is -0.00843. The maximum absolute atomic E-state index is 2.53. The zero-order valence-corrected chi connectivity index (χ0v) is 26.6. The molecule has 3 aromatic rings. The summed E-state index contributed by atoms with van der Waals surface area (Å²) in [6.45, 7) is 13.8. The van der Waals surface area contributed by atoms with Crippen molar-refractivity contribution in [1.82, 2.24) is 0 Å². The maximum atomic E-state index is 2.53. The number of hydrogen-bond acceptors (Lipinski definition) is 0. The van der Waals surface area contributed by atoms with E-state index < -0.39 is 9.52 Å². The first-order chi connectivity index (χ1) is 15.2. The first kappa shape index (κ1) is 32.0. The van der Waals surface area contributed by atoms with Crippen LogP contribution in [0.1, 0.15) is 54.1 Å². The van der Waals surface area contributed by atoms with E-state index >= 15 is 0 Å². The minimum atomic E-state index is -0.628. The van der Waals surface area contributed by atoms with E-state index in [1.165, 1.54) is 44.5 Å². The molecule has 35 heavy (non-hydrogen) atoms. The van der Waals surface area contributed by atoms with Crippen LogP contribution < -0.4 is 42.4 Å². The van der Waals surface area contributed by atoms with Crippen LogP contribution in [0.4, 0.5) is 0 Å². The summed E-state index contributed by atoms with van der Waals surface area (Å²) in [6, 6.07) is 27.4. The normalized spacial score (nSPS) is 18.3. The van der Waals surface area contributed by atoms with Crippen LogP contribution in [0.15, 0.2) is 89.5 Å². The van der Waals surface area contributed by atoms with Gasteiger partial charge in [-0.2, -0.15) is 0 Å². The Labute approximate surface area is 244 Å². The Balaban J connectivity index is 0.00000204. The van der Waals surface area contributed by atoms with Gasteiger partial charge in [0.1, 0.15) is 0 Å². The average molecular weight is 576 g/mol. The van der Waals surface area contributed by atoms with Crippen molar-refractivity contribution in [3.05, 3.63) is 117 Å². The molecule has 1 aliphatic rings. The van der Waals surface area contributed by atoms with Crippen molar-refractivity contribution < 1.29 is 57.7 Å². The van der Waals surface area contributed by atoms with Crippen molar-refractivity contribution in [3.8, 4) is 0 Å². The van der Waals surface area contributed by atoms with Gasteiger partial charge in [0.2, 0.25) is 0 Å². The molecular formula is C30H33Cl3SiTi. The molecule has 1 aliphatic carbocycles. The Morgan fingerprint density at radius 3 is 1.80 bits per heavy atom. The summed E-state index contributed by atoms with van der Waals surface area (Å²) in [5, 5.41) is 1.57. The summed E-state index contributed by atoms with van der Waals surface area (Å²) in [5.74, 6) is 0. The summed E-state index contributed by atoms with van der Waals surface area (Å²) in [5.41, 5.74) is 13.6. The van der Waals surface area contributed by atoms with Crippen molar-refractivity contribution in [1.29, 1.82) is 0 Å². The summed E-state index contributed by atoms with van der Waals surface area (Å²) in [7, 11) is -0.628. The first-order valence-electron chi connectivity index (χ1n) is 11.6. The fourth-order valence-electron chi connectivity index (χ4n) is 5.63. The van der Waals surface area contributed by atoms with E-state index in [0.717, 1.165) is 0 Å².